The van der Waals surface area contributed by atoms with Crippen LogP contribution < -0.4 is 31.4 Å². The number of hydrogen-bond acceptors (Lipinski definition) is 2. The van der Waals surface area contributed by atoms with Gasteiger partial charge in [-0.3, -0.25) is 4.98 Å². The number of aromatic nitrogens is 2. The van der Waals surface area contributed by atoms with Crippen molar-refractivity contribution in [3.8, 4) is 5.75 Å². The van der Waals surface area contributed by atoms with Gasteiger partial charge < -0.3 is 0 Å². The van der Waals surface area contributed by atoms with Crippen LogP contribution in [0.2, 0.25) is 0 Å². The minimum absolute atomic E-state index is 0.833. The number of benzene rings is 6. The summed E-state index contributed by atoms with van der Waals surface area (Å²) in [6.45, 7) is 0. The van der Waals surface area contributed by atoms with Crippen molar-refractivity contribution in [3.05, 3.63) is 184 Å². The molecule has 322 valence electrons. The Labute approximate surface area is 330 Å². The monoisotopic (exact) mass is 902 g/mol. The number of rotatable bonds is 6. The predicted molar refractivity (Wildman–Crippen MR) is 174 cm³/mol. The Bertz CT molecular complexity index is 2570. The molecule has 62 heavy (non-hydrogen) atoms. The summed E-state index contributed by atoms with van der Waals surface area (Å²) in [7, 11) is 0. The molecule has 6 aromatic carbocycles. The van der Waals surface area contributed by atoms with Gasteiger partial charge in [0.2, 0.25) is 18.1 Å². The van der Waals surface area contributed by atoms with Crippen LogP contribution in [-0.2, 0) is 0 Å². The minimum Gasteiger partial charge on any atom is -0.252 e. The summed E-state index contributed by atoms with van der Waals surface area (Å²) in [5.74, 6) is -70.6. The van der Waals surface area contributed by atoms with E-state index in [0.717, 1.165) is 11.1 Å². The smallest absolute Gasteiger partial charge is 0.241 e. The van der Waals surface area contributed by atoms with Gasteiger partial charge in [0.05, 0.1) is 12.4 Å². The van der Waals surface area contributed by atoms with Gasteiger partial charge >= 0.3 is 0 Å². The van der Waals surface area contributed by atoms with Crippen LogP contribution in [0.4, 0.5) is 87.8 Å². The summed E-state index contributed by atoms with van der Waals surface area (Å²) in [6, 6.07) is 14.2. The number of hydrogen-bond donors (Lipinski definition) is 0. The molecule has 0 fully saturated rings. The molecule has 0 amide bonds. The lowest BCUT2D eigenvalue weighted by Gasteiger charge is -2.44. The fraction of sp³-hybridized carbons (Fsp3) is 0. The molecule has 0 saturated carbocycles. The third-order valence-electron chi connectivity index (χ3n) is 9.26. The van der Waals surface area contributed by atoms with E-state index in [1.54, 1.807) is 29.5 Å². The van der Waals surface area contributed by atoms with E-state index in [1.165, 1.54) is 5.39 Å². The normalized spacial score (nSPS) is 11.5. The summed E-state index contributed by atoms with van der Waals surface area (Å²) in [5.41, 5.74) is -14.3. The molecule has 0 unspecified atom stereocenters. The van der Waals surface area contributed by atoms with Crippen LogP contribution in [0.5, 0.6) is 5.75 Å². The maximum absolute atomic E-state index is 15.4. The molecule has 1 heterocycles. The highest BCUT2D eigenvalue weighted by atomic mass is 19.2. The van der Waals surface area contributed by atoms with Gasteiger partial charge in [-0.1, -0.05) is 36.4 Å². The lowest BCUT2D eigenvalue weighted by molar-refractivity contribution is -0.875. The van der Waals surface area contributed by atoms with Gasteiger partial charge in [0, 0.05) is 10.1 Å². The van der Waals surface area contributed by atoms with Gasteiger partial charge in [-0.2, -0.15) is 0 Å². The van der Waals surface area contributed by atoms with Crippen molar-refractivity contribution in [2.75, 3.05) is 0 Å². The predicted octanol–water partition coefficient (Wildman–Crippen LogP) is 8.21. The zero-order valence-corrected chi connectivity index (χ0v) is 29.3. The van der Waals surface area contributed by atoms with E-state index in [2.05, 4.69) is 17.1 Å². The van der Waals surface area contributed by atoms with Crippen LogP contribution in [0, 0.1) is 116 Å². The third kappa shape index (κ3) is 6.76. The largest absolute Gasteiger partial charge is 0.252 e. The summed E-state index contributed by atoms with van der Waals surface area (Å²) < 4.78 is 296. The minimum atomic E-state index is -7.22. The summed E-state index contributed by atoms with van der Waals surface area (Å²) in [5, 5.41) is 2.26. The standard InChI is InChI=1S/C24BF20.C14H11N2O/c26-5-1(6(27)14(35)21(42)13(5)34)25(2-7(28)15(36)22(43)16(37)8(2)29,3-9(30)17(38)23(44)18(39)10(3)31)4-11(32)19(40)24(45)20(41)12(4)33;1-2-6-13-12(4-1)5-3-7-14(13)17-16-10-8-15-9-11-16/h;1-11H/q-1;+1. The van der Waals surface area contributed by atoms with Crippen molar-refractivity contribution in [1.29, 1.82) is 0 Å². The van der Waals surface area contributed by atoms with Gasteiger partial charge in [-0.05, 0) is 11.5 Å². The van der Waals surface area contributed by atoms with Crippen molar-refractivity contribution in [2.24, 2.45) is 0 Å². The lowest BCUT2D eigenvalue weighted by Crippen LogP contribution is -2.81. The van der Waals surface area contributed by atoms with Gasteiger partial charge in [-0.25, -0.2) is 92.6 Å². The molecule has 1 aromatic heterocycles. The van der Waals surface area contributed by atoms with Crippen LogP contribution in [0.15, 0.2) is 67.3 Å². The van der Waals surface area contributed by atoms with E-state index in [0.29, 0.717) is 0 Å². The zero-order valence-electron chi connectivity index (χ0n) is 29.3. The first-order valence-corrected chi connectivity index (χ1v) is 16.3. The van der Waals surface area contributed by atoms with E-state index in [1.807, 2.05) is 30.3 Å². The summed E-state index contributed by atoms with van der Waals surface area (Å²) in [4.78, 5) is 9.72. The quantitative estimate of drug-likeness (QED) is 0.0554. The maximum atomic E-state index is 15.4. The van der Waals surface area contributed by atoms with E-state index >= 15 is 35.1 Å². The molecule has 0 atom stereocenters. The van der Waals surface area contributed by atoms with Crippen molar-refractivity contribution in [1.82, 2.24) is 4.98 Å². The molecule has 0 spiro atoms. The van der Waals surface area contributed by atoms with Crippen LogP contribution >= 0.6 is 0 Å². The van der Waals surface area contributed by atoms with E-state index in [4.69, 9.17) is 4.84 Å². The van der Waals surface area contributed by atoms with Crippen LogP contribution in [0.3, 0.4) is 0 Å². The van der Waals surface area contributed by atoms with Crippen molar-refractivity contribution < 1.29 is 97.4 Å². The maximum Gasteiger partial charge on any atom is 0.241 e. The molecule has 0 radical (unpaired) electrons. The molecule has 3 nitrogen and oxygen atoms in total. The Morgan fingerprint density at radius 1 is 0.339 bits per heavy atom. The third-order valence-corrected chi connectivity index (χ3v) is 9.26. The highest BCUT2D eigenvalue weighted by Crippen LogP contribution is 2.31. The van der Waals surface area contributed by atoms with E-state index < -0.39 is 144 Å². The second-order valence-electron chi connectivity index (χ2n) is 12.5. The van der Waals surface area contributed by atoms with Gasteiger partial charge in [0.15, 0.2) is 69.8 Å². The summed E-state index contributed by atoms with van der Waals surface area (Å²) >= 11 is 0. The molecule has 0 saturated heterocycles. The Morgan fingerprint density at radius 3 is 0.935 bits per heavy atom. The van der Waals surface area contributed by atoms with Gasteiger partial charge in [0.25, 0.3) is 0 Å². The SMILES string of the molecule is Fc1c(F)c(F)c([B-](c2c(F)c(F)c(F)c(F)c2F)(c2c(F)c(F)c(F)c(F)c2F)c2c(F)c(F)c(F)c(F)c2F)c(F)c1F.c1ccc2c(O[n+]3ccncc3)cccc2c1. The first kappa shape index (κ1) is 44.7. The Kier molecular flexibility index (Phi) is 11.9. The van der Waals surface area contributed by atoms with Crippen LogP contribution in [0.25, 0.3) is 10.8 Å². The highest BCUT2D eigenvalue weighted by Gasteiger charge is 2.52. The highest BCUT2D eigenvalue weighted by molar-refractivity contribution is 7.20. The molecule has 0 bridgehead atoms. The molecule has 0 N–H and O–H groups in total. The molecule has 7 aromatic rings. The summed E-state index contributed by atoms with van der Waals surface area (Å²) in [6.07, 6.45) is -0.314. The molecule has 24 heteroatoms. The topological polar surface area (TPSA) is 26.0 Å². The van der Waals surface area contributed by atoms with Crippen molar-refractivity contribution in [3.63, 3.8) is 0 Å². The number of nitrogens with zero attached hydrogens (tertiary/aromatic N) is 2. The average Bonchev–Trinajstić information content (AvgIpc) is 3.27. The van der Waals surface area contributed by atoms with E-state index in [9.17, 15) is 52.7 Å². The number of halogens is 20. The van der Waals surface area contributed by atoms with E-state index in [-0.39, 0.29) is 0 Å². The van der Waals surface area contributed by atoms with Gasteiger partial charge in [0.1, 0.15) is 52.7 Å². The fourth-order valence-corrected chi connectivity index (χ4v) is 6.63. The second kappa shape index (κ2) is 16.5. The Morgan fingerprint density at radius 2 is 0.613 bits per heavy atom. The van der Waals surface area contributed by atoms with Crippen LogP contribution in [0.1, 0.15) is 0 Å². The molecule has 7 rings (SSSR count). The second-order valence-corrected chi connectivity index (χ2v) is 12.5. The molecule has 0 aliphatic carbocycles. The first-order valence-electron chi connectivity index (χ1n) is 16.3. The van der Waals surface area contributed by atoms with Gasteiger partial charge in [-0.15, -0.1) is 21.9 Å². The zero-order chi connectivity index (χ0) is 45.9. The number of fused-ring (bicyclic) bond motifs is 1. The van der Waals surface area contributed by atoms with Crippen LogP contribution in [-0.4, -0.2) is 11.1 Å². The molecule has 0 aliphatic heterocycles. The Balaban J connectivity index is 0.000000311. The van der Waals surface area contributed by atoms with Crippen molar-refractivity contribution >= 4 is 38.8 Å². The molecular weight excluding hydrogens is 891 g/mol. The lowest BCUT2D eigenvalue weighted by atomic mass is 9.12. The Hall–Kier alpha value is -6.88. The molecule has 0 aliphatic rings. The molecular formula is C38H11BF20N2O. The van der Waals surface area contributed by atoms with Crippen molar-refractivity contribution in [2.45, 2.75) is 0 Å². The average molecular weight is 902 g/mol. The first-order chi connectivity index (χ1) is 29.1. The fourth-order valence-electron chi connectivity index (χ4n) is 6.63.